The molecule has 5 nitrogen and oxygen atoms in total. The topological polar surface area (TPSA) is 66.2 Å². The second-order valence-corrected chi connectivity index (χ2v) is 3.21. The van der Waals surface area contributed by atoms with Crippen molar-refractivity contribution in [1.29, 1.82) is 5.26 Å². The fourth-order valence-electron chi connectivity index (χ4n) is 1.24. The van der Waals surface area contributed by atoms with Crippen LogP contribution in [-0.2, 0) is 0 Å². The maximum atomic E-state index is 11.9. The zero-order valence-electron chi connectivity index (χ0n) is 9.30. The number of carbonyl (C=O) groups is 1. The van der Waals surface area contributed by atoms with E-state index in [1.54, 1.807) is 13.1 Å². The van der Waals surface area contributed by atoms with Crippen LogP contribution >= 0.6 is 0 Å². The molecule has 84 valence electrons. The summed E-state index contributed by atoms with van der Waals surface area (Å²) in [6.07, 6.45) is 3.34. The molecule has 0 unspecified atom stereocenters. The Labute approximate surface area is 94.3 Å². The molecule has 0 atom stereocenters. The van der Waals surface area contributed by atoms with Gasteiger partial charge in [0, 0.05) is 19.8 Å². The van der Waals surface area contributed by atoms with Gasteiger partial charge in [-0.3, -0.25) is 9.78 Å². The van der Waals surface area contributed by atoms with Crippen molar-refractivity contribution in [1.82, 2.24) is 9.88 Å². The Morgan fingerprint density at radius 3 is 3.06 bits per heavy atom. The number of hydrogen-bond acceptors (Lipinski definition) is 4. The van der Waals surface area contributed by atoms with Crippen LogP contribution in [0.25, 0.3) is 0 Å². The van der Waals surface area contributed by atoms with Crippen molar-refractivity contribution in [2.45, 2.75) is 6.42 Å². The average Bonchev–Trinajstić information content (AvgIpc) is 2.34. The molecule has 0 spiro atoms. The maximum Gasteiger partial charge on any atom is 0.257 e. The average molecular weight is 219 g/mol. The highest BCUT2D eigenvalue weighted by Crippen LogP contribution is 2.17. The number of carbonyl (C=O) groups excluding carboxylic acids is 1. The van der Waals surface area contributed by atoms with Crippen LogP contribution in [0.4, 0.5) is 0 Å². The van der Waals surface area contributed by atoms with Crippen molar-refractivity contribution in [2.75, 3.05) is 20.7 Å². The molecule has 0 aliphatic rings. The third-order valence-electron chi connectivity index (χ3n) is 2.14. The van der Waals surface area contributed by atoms with E-state index in [0.717, 1.165) is 0 Å². The van der Waals surface area contributed by atoms with Gasteiger partial charge in [-0.1, -0.05) is 0 Å². The molecule has 1 aromatic rings. The van der Waals surface area contributed by atoms with Crippen LogP contribution in [0.3, 0.4) is 0 Å². The van der Waals surface area contributed by atoms with Gasteiger partial charge < -0.3 is 9.64 Å². The van der Waals surface area contributed by atoms with E-state index >= 15 is 0 Å². The lowest BCUT2D eigenvalue weighted by Crippen LogP contribution is -2.27. The first-order chi connectivity index (χ1) is 7.70. The second-order valence-electron chi connectivity index (χ2n) is 3.21. The molecule has 1 heterocycles. The number of methoxy groups -OCH3 is 1. The first-order valence-corrected chi connectivity index (χ1v) is 4.81. The zero-order valence-corrected chi connectivity index (χ0v) is 9.30. The number of aromatic nitrogens is 1. The lowest BCUT2D eigenvalue weighted by atomic mass is 10.2. The van der Waals surface area contributed by atoms with Crippen LogP contribution in [0.15, 0.2) is 18.5 Å². The summed E-state index contributed by atoms with van der Waals surface area (Å²) in [5.74, 6) is 0.269. The standard InChI is InChI=1S/C11H13N3O2/c1-14(7-3-5-12)11(15)9-4-6-13-8-10(9)16-2/h4,6,8H,3,7H2,1-2H3. The molecule has 1 aromatic heterocycles. The number of nitriles is 1. The SMILES string of the molecule is COc1cnccc1C(=O)N(C)CCC#N. The zero-order chi connectivity index (χ0) is 12.0. The van der Waals surface area contributed by atoms with Crippen molar-refractivity contribution in [3.8, 4) is 11.8 Å². The fraction of sp³-hybridized carbons (Fsp3) is 0.364. The van der Waals surface area contributed by atoms with Gasteiger partial charge in [0.25, 0.3) is 5.91 Å². The predicted molar refractivity (Wildman–Crippen MR) is 58.0 cm³/mol. The molecule has 16 heavy (non-hydrogen) atoms. The molecule has 0 bridgehead atoms. The Kier molecular flexibility index (Phi) is 4.28. The van der Waals surface area contributed by atoms with E-state index in [-0.39, 0.29) is 5.91 Å². The monoisotopic (exact) mass is 219 g/mol. The Morgan fingerprint density at radius 1 is 1.69 bits per heavy atom. The van der Waals surface area contributed by atoms with Crippen LogP contribution in [0.1, 0.15) is 16.8 Å². The highest BCUT2D eigenvalue weighted by atomic mass is 16.5. The minimum absolute atomic E-state index is 0.172. The van der Waals surface area contributed by atoms with Gasteiger partial charge in [0.2, 0.25) is 0 Å². The number of rotatable bonds is 4. The van der Waals surface area contributed by atoms with Crippen LogP contribution < -0.4 is 4.74 Å². The molecule has 0 aliphatic carbocycles. The van der Waals surface area contributed by atoms with Gasteiger partial charge in [-0.15, -0.1) is 0 Å². The van der Waals surface area contributed by atoms with Crippen molar-refractivity contribution in [2.24, 2.45) is 0 Å². The molecular formula is C11H13N3O2. The number of ether oxygens (including phenoxy) is 1. The third kappa shape index (κ3) is 2.70. The van der Waals surface area contributed by atoms with Crippen molar-refractivity contribution in [3.63, 3.8) is 0 Å². The van der Waals surface area contributed by atoms with Gasteiger partial charge in [0.05, 0.1) is 31.4 Å². The fourth-order valence-corrected chi connectivity index (χ4v) is 1.24. The smallest absolute Gasteiger partial charge is 0.257 e. The van der Waals surface area contributed by atoms with Crippen LogP contribution in [0, 0.1) is 11.3 Å². The normalized spacial score (nSPS) is 9.31. The molecule has 0 aliphatic heterocycles. The molecule has 0 saturated heterocycles. The Morgan fingerprint density at radius 2 is 2.44 bits per heavy atom. The van der Waals surface area contributed by atoms with Crippen LogP contribution in [0.5, 0.6) is 5.75 Å². The molecular weight excluding hydrogens is 206 g/mol. The summed E-state index contributed by atoms with van der Waals surface area (Å²) in [5.41, 5.74) is 0.456. The summed E-state index contributed by atoms with van der Waals surface area (Å²) < 4.78 is 5.05. The highest BCUT2D eigenvalue weighted by molar-refractivity contribution is 5.96. The van der Waals surface area contributed by atoms with Gasteiger partial charge in [-0.2, -0.15) is 5.26 Å². The molecule has 1 rings (SSSR count). The van der Waals surface area contributed by atoms with E-state index in [2.05, 4.69) is 4.98 Å². The lowest BCUT2D eigenvalue weighted by molar-refractivity contribution is 0.0794. The van der Waals surface area contributed by atoms with Gasteiger partial charge >= 0.3 is 0 Å². The Balaban J connectivity index is 2.83. The van der Waals surface area contributed by atoms with Crippen molar-refractivity contribution >= 4 is 5.91 Å². The van der Waals surface area contributed by atoms with Gasteiger partial charge in [0.1, 0.15) is 5.75 Å². The Hall–Kier alpha value is -2.09. The predicted octanol–water partition coefficient (Wildman–Crippen LogP) is 1.08. The molecule has 0 radical (unpaired) electrons. The van der Waals surface area contributed by atoms with E-state index in [9.17, 15) is 4.79 Å². The molecule has 0 N–H and O–H groups in total. The van der Waals surface area contributed by atoms with Gasteiger partial charge in [-0.05, 0) is 6.07 Å². The number of pyridine rings is 1. The lowest BCUT2D eigenvalue weighted by Gasteiger charge is -2.16. The second kappa shape index (κ2) is 5.71. The molecule has 5 heteroatoms. The van der Waals surface area contributed by atoms with E-state index in [4.69, 9.17) is 10.00 Å². The molecule has 1 amide bonds. The van der Waals surface area contributed by atoms with Crippen molar-refractivity contribution < 1.29 is 9.53 Å². The maximum absolute atomic E-state index is 11.9. The number of hydrogen-bond donors (Lipinski definition) is 0. The minimum atomic E-state index is -0.172. The molecule has 0 fully saturated rings. The van der Waals surface area contributed by atoms with Crippen LogP contribution in [-0.4, -0.2) is 36.5 Å². The first kappa shape index (κ1) is 12.0. The quantitative estimate of drug-likeness (QED) is 0.759. The Bertz CT molecular complexity index is 412. The summed E-state index contributed by atoms with van der Waals surface area (Å²) >= 11 is 0. The minimum Gasteiger partial charge on any atom is -0.494 e. The summed E-state index contributed by atoms with van der Waals surface area (Å²) in [4.78, 5) is 17.3. The third-order valence-corrected chi connectivity index (χ3v) is 2.14. The molecule has 0 saturated carbocycles. The largest absolute Gasteiger partial charge is 0.494 e. The van der Waals surface area contributed by atoms with E-state index in [0.29, 0.717) is 24.3 Å². The van der Waals surface area contributed by atoms with Gasteiger partial charge in [0.15, 0.2) is 0 Å². The van der Waals surface area contributed by atoms with E-state index in [1.165, 1.54) is 24.4 Å². The summed E-state index contributed by atoms with van der Waals surface area (Å²) in [6.45, 7) is 0.404. The van der Waals surface area contributed by atoms with Crippen molar-refractivity contribution in [3.05, 3.63) is 24.0 Å². The molecule has 0 aromatic carbocycles. The number of amides is 1. The number of nitrogens with zero attached hydrogens (tertiary/aromatic N) is 3. The van der Waals surface area contributed by atoms with Gasteiger partial charge in [-0.25, -0.2) is 0 Å². The van der Waals surface area contributed by atoms with Crippen LogP contribution in [0.2, 0.25) is 0 Å². The summed E-state index contributed by atoms with van der Waals surface area (Å²) in [7, 11) is 3.14. The summed E-state index contributed by atoms with van der Waals surface area (Å²) in [6, 6.07) is 3.60. The first-order valence-electron chi connectivity index (χ1n) is 4.81. The van der Waals surface area contributed by atoms with E-state index < -0.39 is 0 Å². The van der Waals surface area contributed by atoms with E-state index in [1.807, 2.05) is 6.07 Å². The summed E-state index contributed by atoms with van der Waals surface area (Å²) in [5, 5.41) is 8.45. The highest BCUT2D eigenvalue weighted by Gasteiger charge is 2.15.